The number of non-ortho nitro benzene ring substituents is 1. The smallest absolute Gasteiger partial charge is 0.271 e. The highest BCUT2D eigenvalue weighted by Crippen LogP contribution is 2.30. The molecule has 2 aromatic rings. The number of nitrogens with zero attached hydrogens (tertiary/aromatic N) is 4. The summed E-state index contributed by atoms with van der Waals surface area (Å²) in [5.41, 5.74) is 2.18. The van der Waals surface area contributed by atoms with Crippen LogP contribution in [0.4, 0.5) is 17.1 Å². The highest BCUT2D eigenvalue weighted by Gasteiger charge is 2.09. The predicted molar refractivity (Wildman–Crippen MR) is 106 cm³/mol. The molecule has 2 aromatic carbocycles. The van der Waals surface area contributed by atoms with Crippen molar-refractivity contribution in [3.05, 3.63) is 63.2 Å². The Balaban J connectivity index is 1.86. The van der Waals surface area contributed by atoms with Gasteiger partial charge in [0.2, 0.25) is 0 Å². The number of hydrogen-bond acceptors (Lipinski definition) is 6. The molecule has 144 valence electrons. The van der Waals surface area contributed by atoms with Crippen molar-refractivity contribution in [2.45, 2.75) is 6.42 Å². The summed E-state index contributed by atoms with van der Waals surface area (Å²) in [6, 6.07) is 11.8. The van der Waals surface area contributed by atoms with E-state index < -0.39 is 4.92 Å². The van der Waals surface area contributed by atoms with E-state index in [0.717, 1.165) is 26.1 Å². The molecule has 0 spiro atoms. The Hall–Kier alpha value is -2.39. The number of azo groups is 1. The lowest BCUT2D eigenvalue weighted by Crippen LogP contribution is -2.50. The highest BCUT2D eigenvalue weighted by atomic mass is 35.5. The van der Waals surface area contributed by atoms with Crippen molar-refractivity contribution in [3.8, 4) is 0 Å². The zero-order chi connectivity index (χ0) is 19.9. The quantitative estimate of drug-likeness (QED) is 0.169. The third-order valence-corrected chi connectivity index (χ3v) is 4.11. The molecule has 0 aliphatic carbocycles. The summed E-state index contributed by atoms with van der Waals surface area (Å²) >= 11 is 6.00. The Morgan fingerprint density at radius 3 is 2.44 bits per heavy atom. The van der Waals surface area contributed by atoms with Crippen molar-refractivity contribution in [3.63, 3.8) is 0 Å². The third-order valence-electron chi connectivity index (χ3n) is 3.81. The van der Waals surface area contributed by atoms with Crippen LogP contribution < -0.4 is 11.2 Å². The molecule has 27 heavy (non-hydrogen) atoms. The van der Waals surface area contributed by atoms with Crippen LogP contribution in [0.1, 0.15) is 5.56 Å². The molecule has 0 bridgehead atoms. The number of benzene rings is 2. The van der Waals surface area contributed by atoms with Gasteiger partial charge in [0.05, 0.1) is 29.7 Å². The second kappa shape index (κ2) is 9.52. The van der Waals surface area contributed by atoms with E-state index >= 15 is 0 Å². The van der Waals surface area contributed by atoms with Crippen molar-refractivity contribution in [2.75, 3.05) is 33.7 Å². The molecule has 2 rings (SSSR count). The van der Waals surface area contributed by atoms with Crippen LogP contribution in [0.3, 0.4) is 0 Å². The molecule has 0 fully saturated rings. The van der Waals surface area contributed by atoms with Crippen LogP contribution in [0, 0.1) is 10.1 Å². The van der Waals surface area contributed by atoms with Gasteiger partial charge in [0, 0.05) is 18.7 Å². The topological polar surface area (TPSA) is 106 Å². The summed E-state index contributed by atoms with van der Waals surface area (Å²) in [5, 5.41) is 22.5. The summed E-state index contributed by atoms with van der Waals surface area (Å²) in [6.45, 7) is 2.61. The molecule has 0 radical (unpaired) electrons. The van der Waals surface area contributed by atoms with E-state index in [9.17, 15) is 10.1 Å². The molecule has 3 N–H and O–H groups in total. The molecule has 0 atom stereocenters. The maximum absolute atomic E-state index is 10.7. The van der Waals surface area contributed by atoms with Crippen LogP contribution in [-0.4, -0.2) is 43.2 Å². The van der Waals surface area contributed by atoms with Gasteiger partial charge in [0.15, 0.2) is 0 Å². The molecular formula is C18H24ClN6O2+. The second-order valence-corrected chi connectivity index (χ2v) is 7.17. The summed E-state index contributed by atoms with van der Waals surface area (Å²) in [6.07, 6.45) is 0.906. The maximum Gasteiger partial charge on any atom is 0.271 e. The molecule has 0 heterocycles. The fourth-order valence-electron chi connectivity index (χ4n) is 2.26. The van der Waals surface area contributed by atoms with Gasteiger partial charge in [-0.15, -0.1) is 5.11 Å². The van der Waals surface area contributed by atoms with Gasteiger partial charge < -0.3 is 5.32 Å². The van der Waals surface area contributed by atoms with Crippen LogP contribution in [0.2, 0.25) is 5.02 Å². The molecule has 0 aliphatic heterocycles. The molecular weight excluding hydrogens is 368 g/mol. The maximum atomic E-state index is 10.7. The van der Waals surface area contributed by atoms with Crippen LogP contribution in [0.25, 0.3) is 0 Å². The Bertz CT molecular complexity index is 802. The first kappa shape index (κ1) is 20.9. The zero-order valence-corrected chi connectivity index (χ0v) is 16.2. The van der Waals surface area contributed by atoms with E-state index in [4.69, 9.17) is 17.4 Å². The SMILES string of the molecule is C[N+](C)(N)CCNCCc1ccc(N=Nc2ccc([N+](=O)[O-])cc2Cl)cc1. The van der Waals surface area contributed by atoms with Gasteiger partial charge in [-0.25, -0.2) is 0 Å². The molecule has 0 unspecified atom stereocenters. The number of hydrogen-bond donors (Lipinski definition) is 2. The molecule has 0 saturated carbocycles. The number of nitrogens with two attached hydrogens (primary N) is 1. The fraction of sp³-hybridized carbons (Fsp3) is 0.333. The van der Waals surface area contributed by atoms with Crippen LogP contribution in [0.5, 0.6) is 0 Å². The molecule has 0 saturated heterocycles. The van der Waals surface area contributed by atoms with Crippen molar-refractivity contribution in [1.82, 2.24) is 5.32 Å². The first-order chi connectivity index (χ1) is 12.7. The van der Waals surface area contributed by atoms with Crippen LogP contribution in [-0.2, 0) is 6.42 Å². The number of likely N-dealkylation sites (N-methyl/N-ethyl adjacent to an activating group) is 1. The number of nitro groups is 1. The predicted octanol–water partition coefficient (Wildman–Crippen LogP) is 3.75. The van der Waals surface area contributed by atoms with Gasteiger partial charge in [-0.1, -0.05) is 23.7 Å². The largest absolute Gasteiger partial charge is 0.311 e. The lowest BCUT2D eigenvalue weighted by molar-refractivity contribution is -0.901. The van der Waals surface area contributed by atoms with Crippen LogP contribution >= 0.6 is 11.6 Å². The normalized spacial score (nSPS) is 11.9. The van der Waals surface area contributed by atoms with E-state index in [1.807, 2.05) is 38.4 Å². The standard InChI is InChI=1S/C18H24ClN6O2/c1-25(2,20)12-11-21-10-9-14-3-5-15(6-4-14)22-23-18-8-7-16(24(26)27)13-17(18)19/h3-8,13,21H,9-12,20H2,1-2H3/q+1. The van der Waals surface area contributed by atoms with Crippen molar-refractivity contribution in [2.24, 2.45) is 16.1 Å². The third kappa shape index (κ3) is 7.40. The number of nitrogens with one attached hydrogen (secondary N) is 1. The fourth-order valence-corrected chi connectivity index (χ4v) is 2.47. The van der Waals surface area contributed by atoms with Gasteiger partial charge in [-0.05, 0) is 36.7 Å². The van der Waals surface area contributed by atoms with Crippen molar-refractivity contribution < 1.29 is 9.52 Å². The zero-order valence-electron chi connectivity index (χ0n) is 15.4. The van der Waals surface area contributed by atoms with Gasteiger partial charge in [-0.2, -0.15) is 11.0 Å². The van der Waals surface area contributed by atoms with Crippen LogP contribution in [0.15, 0.2) is 52.7 Å². The summed E-state index contributed by atoms with van der Waals surface area (Å²) < 4.78 is 0.450. The lowest BCUT2D eigenvalue weighted by atomic mass is 10.1. The molecule has 0 aromatic heterocycles. The molecule has 9 heteroatoms. The van der Waals surface area contributed by atoms with E-state index in [0.29, 0.717) is 16.0 Å². The van der Waals surface area contributed by atoms with Gasteiger partial charge in [0.1, 0.15) is 12.2 Å². The van der Waals surface area contributed by atoms with Crippen molar-refractivity contribution >= 4 is 28.7 Å². The minimum Gasteiger partial charge on any atom is -0.311 e. The Labute approximate surface area is 163 Å². The van der Waals surface area contributed by atoms with Gasteiger partial charge >= 0.3 is 0 Å². The number of nitro benzene ring substituents is 1. The van der Waals surface area contributed by atoms with Crippen molar-refractivity contribution in [1.29, 1.82) is 0 Å². The van der Waals surface area contributed by atoms with E-state index in [2.05, 4.69) is 15.5 Å². The molecule has 0 amide bonds. The Morgan fingerprint density at radius 1 is 1.15 bits per heavy atom. The Kier molecular flexibility index (Phi) is 7.37. The van der Waals surface area contributed by atoms with E-state index in [1.165, 1.54) is 23.8 Å². The highest BCUT2D eigenvalue weighted by molar-refractivity contribution is 6.33. The summed E-state index contributed by atoms with van der Waals surface area (Å²) in [7, 11) is 3.91. The number of rotatable bonds is 9. The molecule has 8 nitrogen and oxygen atoms in total. The Morgan fingerprint density at radius 2 is 1.85 bits per heavy atom. The number of halogens is 1. The monoisotopic (exact) mass is 391 g/mol. The average molecular weight is 392 g/mol. The summed E-state index contributed by atoms with van der Waals surface area (Å²) in [5.74, 6) is 5.89. The van der Waals surface area contributed by atoms with E-state index in [1.54, 1.807) is 0 Å². The summed E-state index contributed by atoms with van der Waals surface area (Å²) in [4.78, 5) is 10.2. The minimum atomic E-state index is -0.504. The number of quaternary nitrogens is 1. The lowest BCUT2D eigenvalue weighted by Gasteiger charge is -2.22. The first-order valence-electron chi connectivity index (χ1n) is 8.51. The van der Waals surface area contributed by atoms with Gasteiger partial charge in [0.25, 0.3) is 5.69 Å². The minimum absolute atomic E-state index is 0.0779. The molecule has 0 aliphatic rings. The second-order valence-electron chi connectivity index (χ2n) is 6.76. The first-order valence-corrected chi connectivity index (χ1v) is 8.89. The average Bonchev–Trinajstić information content (AvgIpc) is 2.60. The van der Waals surface area contributed by atoms with Gasteiger partial charge in [-0.3, -0.25) is 14.7 Å². The van der Waals surface area contributed by atoms with E-state index in [-0.39, 0.29) is 10.7 Å².